The highest BCUT2D eigenvalue weighted by Crippen LogP contribution is 2.29. The quantitative estimate of drug-likeness (QED) is 0.834. The third kappa shape index (κ3) is 2.88. The zero-order valence-corrected chi connectivity index (χ0v) is 13.9. The van der Waals surface area contributed by atoms with Crippen LogP contribution in [0.4, 0.5) is 5.69 Å². The number of rotatable bonds is 4. The molecule has 0 saturated carbocycles. The topological polar surface area (TPSA) is 31.2 Å². The number of hydrogen-bond acceptors (Lipinski definition) is 4. The number of guanidine groups is 1. The second-order valence-corrected chi connectivity index (χ2v) is 6.05. The maximum atomic E-state index is 4.70. The number of hydrogen-bond donors (Lipinski definition) is 0. The van der Waals surface area contributed by atoms with E-state index in [-0.39, 0.29) is 6.04 Å². The van der Waals surface area contributed by atoms with Gasteiger partial charge < -0.3 is 9.80 Å². The number of allylic oxidation sites excluding steroid dienone is 1. The molecule has 1 aromatic rings. The summed E-state index contributed by atoms with van der Waals surface area (Å²) in [7, 11) is 0. The molecule has 3 rings (SSSR count). The predicted molar refractivity (Wildman–Crippen MR) is 92.4 cm³/mol. The highest BCUT2D eigenvalue weighted by Gasteiger charge is 2.26. The molecule has 0 fully saturated rings. The first-order valence-electron chi connectivity index (χ1n) is 7.32. The highest BCUT2D eigenvalue weighted by atomic mass is 79.9. The lowest BCUT2D eigenvalue weighted by molar-refractivity contribution is 0.546. The number of halogens is 1. The summed E-state index contributed by atoms with van der Waals surface area (Å²) < 4.78 is 0.985. The van der Waals surface area contributed by atoms with Gasteiger partial charge in [0.25, 0.3) is 0 Å². The third-order valence-electron chi connectivity index (χ3n) is 3.89. The second kappa shape index (κ2) is 6.02. The molecule has 110 valence electrons. The van der Waals surface area contributed by atoms with Gasteiger partial charge in [-0.1, -0.05) is 12.1 Å². The van der Waals surface area contributed by atoms with Crippen molar-refractivity contribution in [2.24, 2.45) is 9.98 Å². The Kier molecular flexibility index (Phi) is 4.10. The Bertz CT molecular complexity index is 599. The normalized spacial score (nSPS) is 20.1. The van der Waals surface area contributed by atoms with E-state index >= 15 is 0 Å². The first-order chi connectivity index (χ1) is 10.2. The van der Waals surface area contributed by atoms with Crippen molar-refractivity contribution >= 4 is 33.8 Å². The molecule has 2 aliphatic rings. The molecule has 2 heterocycles. The van der Waals surface area contributed by atoms with Crippen LogP contribution >= 0.6 is 15.9 Å². The molecule has 1 aromatic carbocycles. The van der Waals surface area contributed by atoms with Crippen molar-refractivity contribution in [2.45, 2.75) is 19.9 Å². The Morgan fingerprint density at radius 2 is 1.95 bits per heavy atom. The highest BCUT2D eigenvalue weighted by molar-refractivity contribution is 9.12. The molecule has 21 heavy (non-hydrogen) atoms. The number of fused-ring (bicyclic) bond motifs is 1. The third-order valence-corrected chi connectivity index (χ3v) is 4.30. The largest absolute Gasteiger partial charge is 0.372 e. The number of benzene rings is 1. The van der Waals surface area contributed by atoms with E-state index in [0.29, 0.717) is 0 Å². The fraction of sp³-hybridized carbons (Fsp3) is 0.375. The minimum Gasteiger partial charge on any atom is -0.372 e. The van der Waals surface area contributed by atoms with Gasteiger partial charge in [-0.3, -0.25) is 0 Å². The molecule has 0 amide bonds. The van der Waals surface area contributed by atoms with E-state index in [1.807, 2.05) is 6.20 Å². The van der Waals surface area contributed by atoms with Crippen LogP contribution < -0.4 is 4.90 Å². The van der Waals surface area contributed by atoms with Crippen molar-refractivity contribution in [1.82, 2.24) is 4.90 Å². The van der Waals surface area contributed by atoms with E-state index in [9.17, 15) is 0 Å². The maximum absolute atomic E-state index is 4.70. The lowest BCUT2D eigenvalue weighted by Gasteiger charge is -2.21. The smallest absolute Gasteiger partial charge is 0.225 e. The zero-order valence-electron chi connectivity index (χ0n) is 12.3. The van der Waals surface area contributed by atoms with Crippen LogP contribution in [0.15, 0.2) is 44.9 Å². The van der Waals surface area contributed by atoms with E-state index in [1.165, 1.54) is 11.3 Å². The van der Waals surface area contributed by atoms with Crippen LogP contribution in [0.1, 0.15) is 25.5 Å². The van der Waals surface area contributed by atoms with Crippen LogP contribution in [0.25, 0.3) is 0 Å². The lowest BCUT2D eigenvalue weighted by Crippen LogP contribution is -2.23. The van der Waals surface area contributed by atoms with E-state index in [1.54, 1.807) is 6.21 Å². The fourth-order valence-electron chi connectivity index (χ4n) is 2.72. The van der Waals surface area contributed by atoms with Gasteiger partial charge in [0, 0.05) is 31.2 Å². The number of nitrogens with zero attached hydrogens (tertiary/aromatic N) is 4. The molecule has 2 aliphatic heterocycles. The van der Waals surface area contributed by atoms with Crippen molar-refractivity contribution in [3.8, 4) is 0 Å². The van der Waals surface area contributed by atoms with Crippen molar-refractivity contribution in [3.63, 3.8) is 0 Å². The van der Waals surface area contributed by atoms with E-state index in [4.69, 9.17) is 4.99 Å². The van der Waals surface area contributed by atoms with Crippen molar-refractivity contribution < 1.29 is 0 Å². The second-order valence-electron chi connectivity index (χ2n) is 5.13. The van der Waals surface area contributed by atoms with Gasteiger partial charge in [0.2, 0.25) is 5.96 Å². The Hall–Kier alpha value is -1.62. The number of anilines is 1. The predicted octanol–water partition coefficient (Wildman–Crippen LogP) is 3.57. The summed E-state index contributed by atoms with van der Waals surface area (Å²) in [6.45, 7) is 7.28. The van der Waals surface area contributed by atoms with E-state index < -0.39 is 0 Å². The Morgan fingerprint density at radius 1 is 1.24 bits per heavy atom. The standard InChI is InChI=1S/C16H19BrN4/c1-3-20(4-2)14-7-5-12(6-8-14)15-11-21-10-13(17)9-18-16(21)19-15/h5-10,15H,3-4,11H2,1-2H3. The van der Waals surface area contributed by atoms with Crippen LogP contribution in [0.3, 0.4) is 0 Å². The van der Waals surface area contributed by atoms with Crippen LogP contribution in [0.2, 0.25) is 0 Å². The molecule has 0 aliphatic carbocycles. The van der Waals surface area contributed by atoms with Gasteiger partial charge in [-0.05, 0) is 47.5 Å². The average Bonchev–Trinajstić information content (AvgIpc) is 2.92. The molecule has 0 saturated heterocycles. The SMILES string of the molecule is CCN(CC)c1ccc(C2CN3C=C(Br)C=NC3=N2)cc1. The molecule has 0 spiro atoms. The maximum Gasteiger partial charge on any atom is 0.225 e. The monoisotopic (exact) mass is 346 g/mol. The van der Waals surface area contributed by atoms with Crippen molar-refractivity contribution in [1.29, 1.82) is 0 Å². The average molecular weight is 347 g/mol. The zero-order chi connectivity index (χ0) is 14.8. The summed E-state index contributed by atoms with van der Waals surface area (Å²) >= 11 is 3.45. The minimum atomic E-state index is 0.164. The lowest BCUT2D eigenvalue weighted by atomic mass is 10.1. The van der Waals surface area contributed by atoms with Gasteiger partial charge in [-0.15, -0.1) is 0 Å². The molecular formula is C16H19BrN4. The summed E-state index contributed by atoms with van der Waals surface area (Å²) in [6, 6.07) is 8.91. The Labute approximate surface area is 134 Å². The summed E-state index contributed by atoms with van der Waals surface area (Å²) in [5, 5.41) is 0. The first kappa shape index (κ1) is 14.3. The van der Waals surface area contributed by atoms with Crippen molar-refractivity contribution in [3.05, 3.63) is 40.5 Å². The van der Waals surface area contributed by atoms with Gasteiger partial charge in [-0.25, -0.2) is 9.98 Å². The van der Waals surface area contributed by atoms with E-state index in [0.717, 1.165) is 30.1 Å². The minimum absolute atomic E-state index is 0.164. The van der Waals surface area contributed by atoms with Gasteiger partial charge in [-0.2, -0.15) is 0 Å². The Morgan fingerprint density at radius 3 is 2.62 bits per heavy atom. The molecule has 1 atom stereocenters. The summed E-state index contributed by atoms with van der Waals surface area (Å²) in [4.78, 5) is 13.5. The molecule has 0 bridgehead atoms. The van der Waals surface area contributed by atoms with Crippen molar-refractivity contribution in [2.75, 3.05) is 24.5 Å². The summed E-state index contributed by atoms with van der Waals surface area (Å²) in [6.07, 6.45) is 3.83. The fourth-order valence-corrected chi connectivity index (χ4v) is 3.07. The van der Waals surface area contributed by atoms with Gasteiger partial charge in [0.15, 0.2) is 0 Å². The summed E-state index contributed by atoms with van der Waals surface area (Å²) in [5.41, 5.74) is 2.51. The molecule has 0 aromatic heterocycles. The van der Waals surface area contributed by atoms with Crippen LogP contribution in [-0.4, -0.2) is 36.7 Å². The molecule has 5 heteroatoms. The Balaban J connectivity index is 1.77. The van der Waals surface area contributed by atoms with Crippen LogP contribution in [0.5, 0.6) is 0 Å². The van der Waals surface area contributed by atoms with Crippen LogP contribution in [-0.2, 0) is 0 Å². The molecule has 4 nitrogen and oxygen atoms in total. The van der Waals surface area contributed by atoms with Gasteiger partial charge in [0.1, 0.15) is 0 Å². The molecular weight excluding hydrogens is 328 g/mol. The number of aliphatic imine (C=N–C) groups is 2. The molecule has 1 unspecified atom stereocenters. The molecule has 0 N–H and O–H groups in total. The van der Waals surface area contributed by atoms with Crippen LogP contribution in [0, 0.1) is 0 Å². The first-order valence-corrected chi connectivity index (χ1v) is 8.11. The molecule has 0 radical (unpaired) electrons. The van der Waals surface area contributed by atoms with E-state index in [2.05, 4.69) is 68.8 Å². The summed E-state index contributed by atoms with van der Waals surface area (Å²) in [5.74, 6) is 0.802. The van der Waals surface area contributed by atoms with Gasteiger partial charge >= 0.3 is 0 Å². The van der Waals surface area contributed by atoms with Gasteiger partial charge in [0.05, 0.1) is 17.1 Å².